The lowest BCUT2D eigenvalue weighted by Crippen LogP contribution is -2.12. The third-order valence-electron chi connectivity index (χ3n) is 3.47. The highest BCUT2D eigenvalue weighted by Gasteiger charge is 2.17. The van der Waals surface area contributed by atoms with Gasteiger partial charge in [0.05, 0.1) is 6.54 Å². The maximum absolute atomic E-state index is 5.49. The van der Waals surface area contributed by atoms with Crippen LogP contribution in [0.1, 0.15) is 32.2 Å². The molecule has 0 saturated carbocycles. The number of hydrogen-bond donors (Lipinski definition) is 1. The molecule has 21 heavy (non-hydrogen) atoms. The fourth-order valence-corrected chi connectivity index (χ4v) is 2.37. The van der Waals surface area contributed by atoms with Gasteiger partial charge in [-0.1, -0.05) is 38.1 Å². The number of rotatable bonds is 2. The summed E-state index contributed by atoms with van der Waals surface area (Å²) in [4.78, 5) is 8.60. The minimum absolute atomic E-state index is 0.0485. The number of fused-ring (bicyclic) bond motifs is 1. The van der Waals surface area contributed by atoms with Crippen LogP contribution in [0.4, 0.5) is 0 Å². The number of aromatic nitrogens is 3. The summed E-state index contributed by atoms with van der Waals surface area (Å²) in [5.41, 5.74) is 7.67. The Morgan fingerprint density at radius 3 is 2.67 bits per heavy atom. The molecule has 0 aliphatic rings. The van der Waals surface area contributed by atoms with Gasteiger partial charge in [-0.15, -0.1) is 0 Å². The van der Waals surface area contributed by atoms with Crippen LogP contribution in [-0.4, -0.2) is 15.1 Å². The SMILES string of the molecule is CC(C)(C)c1cncc2cc(-c3noc(CN)n3)ccc12. The van der Waals surface area contributed by atoms with Crippen LogP contribution < -0.4 is 5.73 Å². The van der Waals surface area contributed by atoms with E-state index in [0.29, 0.717) is 11.7 Å². The van der Waals surface area contributed by atoms with Crippen LogP contribution in [0, 0.1) is 0 Å². The molecule has 3 aromatic rings. The quantitative estimate of drug-likeness (QED) is 0.781. The van der Waals surface area contributed by atoms with E-state index in [2.05, 4.69) is 42.0 Å². The molecule has 0 aliphatic carbocycles. The molecule has 0 radical (unpaired) electrons. The summed E-state index contributed by atoms with van der Waals surface area (Å²) < 4.78 is 5.06. The van der Waals surface area contributed by atoms with E-state index in [4.69, 9.17) is 10.3 Å². The summed E-state index contributed by atoms with van der Waals surface area (Å²) in [6, 6.07) is 6.12. The van der Waals surface area contributed by atoms with Crippen molar-refractivity contribution in [2.24, 2.45) is 5.73 Å². The molecule has 2 heterocycles. The predicted octanol–water partition coefficient (Wildman–Crippen LogP) is 3.04. The normalized spacial score (nSPS) is 12.0. The predicted molar refractivity (Wildman–Crippen MR) is 81.6 cm³/mol. The number of pyridine rings is 1. The smallest absolute Gasteiger partial charge is 0.240 e. The van der Waals surface area contributed by atoms with Crippen LogP contribution in [0.5, 0.6) is 0 Å². The first kappa shape index (κ1) is 13.7. The minimum Gasteiger partial charge on any atom is -0.338 e. The van der Waals surface area contributed by atoms with Gasteiger partial charge in [0.1, 0.15) is 0 Å². The Morgan fingerprint density at radius 2 is 2.00 bits per heavy atom. The van der Waals surface area contributed by atoms with Gasteiger partial charge in [-0.05, 0) is 22.4 Å². The molecule has 5 heteroatoms. The van der Waals surface area contributed by atoms with Crippen molar-refractivity contribution in [1.29, 1.82) is 0 Å². The summed E-state index contributed by atoms with van der Waals surface area (Å²) in [5, 5.41) is 6.22. The van der Waals surface area contributed by atoms with Crippen molar-refractivity contribution in [2.45, 2.75) is 32.7 Å². The molecule has 0 bridgehead atoms. The van der Waals surface area contributed by atoms with Gasteiger partial charge in [-0.25, -0.2) is 0 Å². The van der Waals surface area contributed by atoms with Gasteiger partial charge in [-0.2, -0.15) is 4.98 Å². The maximum Gasteiger partial charge on any atom is 0.240 e. The Balaban J connectivity index is 2.13. The molecule has 108 valence electrons. The van der Waals surface area contributed by atoms with Crippen molar-refractivity contribution in [3.63, 3.8) is 0 Å². The summed E-state index contributed by atoms with van der Waals surface area (Å²) in [5.74, 6) is 0.991. The van der Waals surface area contributed by atoms with E-state index in [1.54, 1.807) is 0 Å². The molecule has 5 nitrogen and oxygen atoms in total. The summed E-state index contributed by atoms with van der Waals surface area (Å²) in [6.45, 7) is 6.80. The van der Waals surface area contributed by atoms with E-state index >= 15 is 0 Å². The van der Waals surface area contributed by atoms with E-state index in [-0.39, 0.29) is 12.0 Å². The second kappa shape index (κ2) is 4.93. The standard InChI is InChI=1S/C16H18N4O/c1-16(2,3)13-9-18-8-11-6-10(4-5-12(11)13)15-19-14(7-17)21-20-15/h4-6,8-9H,7,17H2,1-3H3. The molecule has 0 saturated heterocycles. The van der Waals surface area contributed by atoms with Gasteiger partial charge in [0.15, 0.2) is 0 Å². The zero-order valence-corrected chi connectivity index (χ0v) is 12.4. The van der Waals surface area contributed by atoms with E-state index in [1.165, 1.54) is 10.9 Å². The number of nitrogens with two attached hydrogens (primary N) is 1. The molecule has 0 unspecified atom stereocenters. The second-order valence-electron chi connectivity index (χ2n) is 6.09. The third-order valence-corrected chi connectivity index (χ3v) is 3.47. The fourth-order valence-electron chi connectivity index (χ4n) is 2.37. The first-order chi connectivity index (χ1) is 9.99. The van der Waals surface area contributed by atoms with Gasteiger partial charge in [0.2, 0.25) is 11.7 Å². The molecule has 0 fully saturated rings. The highest BCUT2D eigenvalue weighted by atomic mass is 16.5. The van der Waals surface area contributed by atoms with Crippen LogP contribution in [0.25, 0.3) is 22.2 Å². The van der Waals surface area contributed by atoms with Gasteiger partial charge in [0.25, 0.3) is 0 Å². The number of hydrogen-bond acceptors (Lipinski definition) is 5. The molecule has 0 amide bonds. The average molecular weight is 282 g/mol. The molecule has 3 rings (SSSR count). The van der Waals surface area contributed by atoms with Crippen molar-refractivity contribution in [2.75, 3.05) is 0 Å². The fraction of sp³-hybridized carbons (Fsp3) is 0.312. The lowest BCUT2D eigenvalue weighted by Gasteiger charge is -2.20. The van der Waals surface area contributed by atoms with E-state index in [0.717, 1.165) is 10.9 Å². The molecule has 0 aliphatic heterocycles. The Kier molecular flexibility index (Phi) is 3.22. The van der Waals surface area contributed by atoms with Crippen molar-refractivity contribution >= 4 is 10.8 Å². The lowest BCUT2D eigenvalue weighted by atomic mass is 9.85. The first-order valence-corrected chi connectivity index (χ1v) is 6.90. The van der Waals surface area contributed by atoms with Crippen molar-refractivity contribution < 1.29 is 4.52 Å². The monoisotopic (exact) mass is 282 g/mol. The average Bonchev–Trinajstić information content (AvgIpc) is 2.94. The van der Waals surface area contributed by atoms with Gasteiger partial charge in [-0.3, -0.25) is 4.98 Å². The molecule has 0 atom stereocenters. The summed E-state index contributed by atoms with van der Waals surface area (Å²) >= 11 is 0. The van der Waals surface area contributed by atoms with E-state index in [9.17, 15) is 0 Å². The van der Waals surface area contributed by atoms with Crippen LogP contribution in [-0.2, 0) is 12.0 Å². The second-order valence-corrected chi connectivity index (χ2v) is 6.09. The lowest BCUT2D eigenvalue weighted by molar-refractivity contribution is 0.380. The molecule has 2 aromatic heterocycles. The third kappa shape index (κ3) is 2.52. The number of benzene rings is 1. The van der Waals surface area contributed by atoms with Gasteiger partial charge >= 0.3 is 0 Å². The summed E-state index contributed by atoms with van der Waals surface area (Å²) in [7, 11) is 0. The van der Waals surface area contributed by atoms with Crippen molar-refractivity contribution in [3.05, 3.63) is 42.0 Å². The molecule has 1 aromatic carbocycles. The van der Waals surface area contributed by atoms with Crippen molar-refractivity contribution in [1.82, 2.24) is 15.1 Å². The number of nitrogens with zero attached hydrogens (tertiary/aromatic N) is 3. The van der Waals surface area contributed by atoms with Gasteiger partial charge < -0.3 is 10.3 Å². The van der Waals surface area contributed by atoms with Crippen molar-refractivity contribution in [3.8, 4) is 11.4 Å². The highest BCUT2D eigenvalue weighted by Crippen LogP contribution is 2.31. The molecular weight excluding hydrogens is 264 g/mol. The molecule has 2 N–H and O–H groups in total. The summed E-state index contributed by atoms with van der Waals surface area (Å²) in [6.07, 6.45) is 3.79. The van der Waals surface area contributed by atoms with E-state index in [1.807, 2.05) is 24.5 Å². The first-order valence-electron chi connectivity index (χ1n) is 6.90. The maximum atomic E-state index is 5.49. The zero-order valence-electron chi connectivity index (χ0n) is 12.4. The topological polar surface area (TPSA) is 77.8 Å². The van der Waals surface area contributed by atoms with Crippen LogP contribution in [0.15, 0.2) is 35.1 Å². The zero-order chi connectivity index (χ0) is 15.0. The van der Waals surface area contributed by atoms with Gasteiger partial charge in [0, 0.05) is 23.3 Å². The van der Waals surface area contributed by atoms with Crippen LogP contribution in [0.3, 0.4) is 0 Å². The molecule has 0 spiro atoms. The van der Waals surface area contributed by atoms with E-state index < -0.39 is 0 Å². The Morgan fingerprint density at radius 1 is 1.19 bits per heavy atom. The Labute approximate surface area is 123 Å². The Bertz CT molecular complexity index is 786. The molecular formula is C16H18N4O. The Hall–Kier alpha value is -2.27. The van der Waals surface area contributed by atoms with Crippen LogP contribution in [0.2, 0.25) is 0 Å². The highest BCUT2D eigenvalue weighted by molar-refractivity contribution is 5.88. The largest absolute Gasteiger partial charge is 0.338 e. The minimum atomic E-state index is 0.0485. The van der Waals surface area contributed by atoms with Crippen LogP contribution >= 0.6 is 0 Å².